The van der Waals surface area contributed by atoms with Gasteiger partial charge in [-0.05, 0) is 25.3 Å². The second-order valence-corrected chi connectivity index (χ2v) is 14.4. The van der Waals surface area contributed by atoms with Crippen molar-refractivity contribution in [1.82, 2.24) is 0 Å². The molecule has 0 nitrogen and oxygen atoms in total. The number of fused-ring (bicyclic) bond motifs is 2. The van der Waals surface area contributed by atoms with Crippen LogP contribution in [0.5, 0.6) is 0 Å². The van der Waals surface area contributed by atoms with Crippen molar-refractivity contribution < 1.29 is 20.8 Å². The van der Waals surface area contributed by atoms with Crippen LogP contribution in [-0.4, -0.2) is 9.52 Å². The van der Waals surface area contributed by atoms with Gasteiger partial charge < -0.3 is 0 Å². The van der Waals surface area contributed by atoms with Crippen molar-refractivity contribution in [2.45, 2.75) is 60.6 Å². The van der Waals surface area contributed by atoms with E-state index in [1.165, 1.54) is 60.5 Å². The van der Waals surface area contributed by atoms with E-state index >= 15 is 0 Å². The molecule has 0 spiro atoms. The molecule has 0 fully saturated rings. The van der Waals surface area contributed by atoms with Gasteiger partial charge in [-0.3, -0.25) is 0 Å². The number of aryl methyl sites for hydroxylation is 3. The summed E-state index contributed by atoms with van der Waals surface area (Å²) in [5.41, 5.74) is 9.63. The summed E-state index contributed by atoms with van der Waals surface area (Å²) in [6, 6.07) is 28.7. The zero-order valence-corrected chi connectivity index (χ0v) is 28.3. The van der Waals surface area contributed by atoms with Gasteiger partial charge in [0.1, 0.15) is 0 Å². The van der Waals surface area contributed by atoms with Gasteiger partial charge in [0, 0.05) is 9.52 Å². The summed E-state index contributed by atoms with van der Waals surface area (Å²) < 4.78 is 0. The zero-order chi connectivity index (χ0) is 27.5. The normalized spacial score (nSPS) is 10.1. The molecule has 0 unspecified atom stereocenters. The number of halogens is 2. The van der Waals surface area contributed by atoms with Crippen LogP contribution >= 0.6 is 17.0 Å². The molecule has 5 aromatic rings. The summed E-state index contributed by atoms with van der Waals surface area (Å²) in [7, 11) is 11.0. The van der Waals surface area contributed by atoms with Crippen LogP contribution in [0.4, 0.5) is 0 Å². The third-order valence-electron chi connectivity index (χ3n) is 6.39. The Morgan fingerprint density at radius 1 is 0.784 bits per heavy atom. The molecule has 0 aliphatic rings. The van der Waals surface area contributed by atoms with E-state index in [2.05, 4.69) is 133 Å². The number of rotatable bonds is 2. The molecule has 37 heavy (non-hydrogen) atoms. The van der Waals surface area contributed by atoms with Crippen LogP contribution in [0.25, 0.3) is 32.7 Å². The summed E-state index contributed by atoms with van der Waals surface area (Å²) in [5.74, 6) is 0.631. The Morgan fingerprint density at radius 3 is 1.97 bits per heavy atom. The first-order valence-corrected chi connectivity index (χ1v) is 20.9. The van der Waals surface area contributed by atoms with Crippen LogP contribution in [0.2, 0.25) is 13.1 Å². The molecule has 0 aromatic heterocycles. The van der Waals surface area contributed by atoms with E-state index in [4.69, 9.17) is 17.0 Å². The van der Waals surface area contributed by atoms with Crippen molar-refractivity contribution in [3.05, 3.63) is 107 Å². The minimum atomic E-state index is -0.826. The molecular formula is C33H38Cl2SiZr. The van der Waals surface area contributed by atoms with Gasteiger partial charge in [-0.2, -0.15) is 12.1 Å². The third kappa shape index (κ3) is 8.79. The van der Waals surface area contributed by atoms with E-state index in [1.807, 2.05) is 0 Å². The Bertz CT molecular complexity index is 1380. The molecule has 0 aliphatic heterocycles. The van der Waals surface area contributed by atoms with Crippen molar-refractivity contribution in [2.24, 2.45) is 0 Å². The summed E-state index contributed by atoms with van der Waals surface area (Å²) in [4.78, 5) is 0. The quantitative estimate of drug-likeness (QED) is 0.135. The fourth-order valence-corrected chi connectivity index (χ4v) is 4.48. The molecule has 0 amide bonds. The van der Waals surface area contributed by atoms with Crippen molar-refractivity contribution >= 4 is 48.1 Å². The first kappa shape index (κ1) is 31.8. The van der Waals surface area contributed by atoms with Gasteiger partial charge in [0.25, 0.3) is 0 Å². The van der Waals surface area contributed by atoms with Crippen molar-refractivity contribution in [2.75, 3.05) is 0 Å². The van der Waals surface area contributed by atoms with Gasteiger partial charge in [0.15, 0.2) is 0 Å². The van der Waals surface area contributed by atoms with Gasteiger partial charge in [0.05, 0.1) is 0 Å². The number of benzene rings is 3. The molecule has 0 saturated heterocycles. The Balaban J connectivity index is 0.000000222. The molecule has 192 valence electrons. The van der Waals surface area contributed by atoms with E-state index in [9.17, 15) is 0 Å². The van der Waals surface area contributed by atoms with E-state index in [1.54, 1.807) is 0 Å². The monoisotopic (exact) mass is 622 g/mol. The van der Waals surface area contributed by atoms with Gasteiger partial charge in [-0.25, -0.2) is 0 Å². The van der Waals surface area contributed by atoms with Gasteiger partial charge >= 0.3 is 37.9 Å². The SMILES string of the molecule is C[Si]C.Cc1cc2c(-c3ccccc3)c(C)c(C)cc2[cH-]1.Cc1cccc2cc(C(C)C)[cH-]c12.[Cl][Zr+2][Cl]. The summed E-state index contributed by atoms with van der Waals surface area (Å²) in [6.45, 7) is 17.5. The van der Waals surface area contributed by atoms with Gasteiger partial charge in [0.2, 0.25) is 0 Å². The number of hydrogen-bond donors (Lipinski definition) is 0. The standard InChI is InChI=1S/C18H17.C13H15.C2H6Si.2ClH.Zr/c1-12-9-16-11-13(2)14(3)18(17(16)10-12)15-7-5-4-6-8-15;1-9(2)12-7-11-6-4-5-10(3)13(11)8-12;1-3-2;;;/h4-11H,1-3H3;4-9H,1-3H3;1-2H3;2*1H;/q2*-1;;;;+4/p-2. The second-order valence-electron chi connectivity index (χ2n) is 9.69. The Hall–Kier alpha value is -1.44. The predicted octanol–water partition coefficient (Wildman–Crippen LogP) is 11.3. The Morgan fingerprint density at radius 2 is 1.41 bits per heavy atom. The van der Waals surface area contributed by atoms with Crippen molar-refractivity contribution in [3.8, 4) is 11.1 Å². The molecule has 0 atom stereocenters. The molecular weight excluding hydrogens is 587 g/mol. The average molecular weight is 625 g/mol. The topological polar surface area (TPSA) is 0 Å². The van der Waals surface area contributed by atoms with Gasteiger partial charge in [-0.1, -0.05) is 93.9 Å². The molecule has 0 aliphatic carbocycles. The fourth-order valence-electron chi connectivity index (χ4n) is 4.48. The third-order valence-corrected chi connectivity index (χ3v) is 6.39. The maximum absolute atomic E-state index is 4.93. The first-order valence-electron chi connectivity index (χ1n) is 12.6. The van der Waals surface area contributed by atoms with Crippen LogP contribution in [-0.2, 0) is 20.8 Å². The maximum atomic E-state index is 4.93. The Kier molecular flexibility index (Phi) is 13.6. The van der Waals surface area contributed by atoms with Crippen LogP contribution < -0.4 is 0 Å². The molecule has 5 aromatic carbocycles. The van der Waals surface area contributed by atoms with Crippen molar-refractivity contribution in [1.29, 1.82) is 0 Å². The van der Waals surface area contributed by atoms with E-state index < -0.39 is 20.8 Å². The second kappa shape index (κ2) is 15.8. The van der Waals surface area contributed by atoms with Crippen LogP contribution in [0.1, 0.15) is 47.6 Å². The Labute approximate surface area is 245 Å². The summed E-state index contributed by atoms with van der Waals surface area (Å²) >= 11 is -0.826. The van der Waals surface area contributed by atoms with E-state index in [0.717, 1.165) is 9.52 Å². The van der Waals surface area contributed by atoms with Crippen LogP contribution in [0.3, 0.4) is 0 Å². The predicted molar refractivity (Wildman–Crippen MR) is 167 cm³/mol. The molecule has 2 radical (unpaired) electrons. The molecule has 4 heteroatoms. The number of hydrogen-bond acceptors (Lipinski definition) is 0. The first-order chi connectivity index (χ1) is 17.7. The molecule has 0 saturated carbocycles. The molecule has 0 N–H and O–H groups in total. The summed E-state index contributed by atoms with van der Waals surface area (Å²) in [6.07, 6.45) is 0. The zero-order valence-electron chi connectivity index (χ0n) is 23.3. The average Bonchev–Trinajstić information content (AvgIpc) is 3.46. The molecule has 0 bridgehead atoms. The van der Waals surface area contributed by atoms with E-state index in [0.29, 0.717) is 5.92 Å². The van der Waals surface area contributed by atoms with Gasteiger partial charge in [-0.15, -0.1) is 68.6 Å². The molecule has 0 heterocycles. The fraction of sp³-hybridized carbons (Fsp3) is 0.273. The summed E-state index contributed by atoms with van der Waals surface area (Å²) in [5, 5.41) is 5.52. The van der Waals surface area contributed by atoms with Crippen molar-refractivity contribution in [3.63, 3.8) is 0 Å². The minimum absolute atomic E-state index is 0.631. The van der Waals surface area contributed by atoms with Crippen LogP contribution in [0, 0.1) is 27.7 Å². The van der Waals surface area contributed by atoms with E-state index in [-0.39, 0.29) is 0 Å². The molecule has 5 rings (SSSR count). The van der Waals surface area contributed by atoms with Crippen LogP contribution in [0.15, 0.2) is 78.9 Å².